The molecule has 0 saturated carbocycles. The first-order valence-corrected chi connectivity index (χ1v) is 9.50. The summed E-state index contributed by atoms with van der Waals surface area (Å²) in [5, 5.41) is 10.9. The number of aromatic nitrogens is 2. The van der Waals surface area contributed by atoms with E-state index < -0.39 is 12.0 Å². The van der Waals surface area contributed by atoms with Gasteiger partial charge in [0.25, 0.3) is 5.91 Å². The molecule has 3 rings (SSSR count). The molecule has 8 heteroatoms. The zero-order valence-corrected chi connectivity index (χ0v) is 16.6. The second-order valence-electron chi connectivity index (χ2n) is 7.57. The lowest BCUT2D eigenvalue weighted by Crippen LogP contribution is -2.52. The van der Waals surface area contributed by atoms with Crippen molar-refractivity contribution >= 4 is 29.1 Å². The third-order valence-corrected chi connectivity index (χ3v) is 5.05. The quantitative estimate of drug-likeness (QED) is 0.862. The maximum Gasteiger partial charge on any atom is 0.274 e. The van der Waals surface area contributed by atoms with Crippen LogP contribution >= 0.6 is 11.6 Å². The first kappa shape index (κ1) is 19.6. The van der Waals surface area contributed by atoms with Gasteiger partial charge in [0.15, 0.2) is 0 Å². The molecule has 1 fully saturated rings. The first-order chi connectivity index (χ1) is 12.8. The molecule has 0 spiro atoms. The van der Waals surface area contributed by atoms with Crippen molar-refractivity contribution in [3.8, 4) is 0 Å². The average molecular weight is 393 g/mol. The molecule has 1 aliphatic heterocycles. The van der Waals surface area contributed by atoms with Crippen LogP contribution in [-0.2, 0) is 4.79 Å². The maximum absolute atomic E-state index is 12.9. The van der Waals surface area contributed by atoms with E-state index in [0.717, 1.165) is 0 Å². The summed E-state index contributed by atoms with van der Waals surface area (Å²) in [6, 6.07) is 3.46. The predicted octanol–water partition coefficient (Wildman–Crippen LogP) is 1.93. The third-order valence-electron chi connectivity index (χ3n) is 4.83. The summed E-state index contributed by atoms with van der Waals surface area (Å²) in [7, 11) is 1.74. The van der Waals surface area contributed by atoms with E-state index in [2.05, 4.69) is 4.98 Å². The number of amides is 2. The molecular weight excluding hydrogens is 368 g/mol. The number of hydrogen-bond acceptors (Lipinski definition) is 4. The maximum atomic E-state index is 12.9. The van der Waals surface area contributed by atoms with Crippen LogP contribution in [0.3, 0.4) is 0 Å². The van der Waals surface area contributed by atoms with E-state index in [4.69, 9.17) is 11.6 Å². The van der Waals surface area contributed by atoms with Crippen LogP contribution in [0.5, 0.6) is 0 Å². The van der Waals surface area contributed by atoms with Crippen LogP contribution < -0.4 is 0 Å². The summed E-state index contributed by atoms with van der Waals surface area (Å²) < 4.78 is 1.70. The Morgan fingerprint density at radius 2 is 2.11 bits per heavy atom. The summed E-state index contributed by atoms with van der Waals surface area (Å²) >= 11 is 5.98. The van der Waals surface area contributed by atoms with Crippen LogP contribution in [0.15, 0.2) is 24.5 Å². The first-order valence-electron chi connectivity index (χ1n) is 9.13. The fourth-order valence-corrected chi connectivity index (χ4v) is 3.69. The molecule has 1 saturated heterocycles. The zero-order valence-electron chi connectivity index (χ0n) is 15.8. The topological polar surface area (TPSA) is 78.2 Å². The summed E-state index contributed by atoms with van der Waals surface area (Å²) in [4.78, 5) is 33.2. The van der Waals surface area contributed by atoms with Crippen molar-refractivity contribution in [3.63, 3.8) is 0 Å². The van der Waals surface area contributed by atoms with Gasteiger partial charge in [-0.3, -0.25) is 9.59 Å². The SMILES string of the molecule is CC(C)CN(C)C(=O)[C@H]1CN(C(=O)c2cn3cc(Cl)ccc3n2)CC[C@H]1O. The van der Waals surface area contributed by atoms with Crippen LogP contribution in [0.25, 0.3) is 5.65 Å². The Balaban J connectivity index is 1.75. The summed E-state index contributed by atoms with van der Waals surface area (Å²) in [5.74, 6) is -0.651. The van der Waals surface area contributed by atoms with Crippen LogP contribution in [0.1, 0.15) is 30.8 Å². The Bertz CT molecular complexity index is 851. The second kappa shape index (κ2) is 7.86. The van der Waals surface area contributed by atoms with Gasteiger partial charge >= 0.3 is 0 Å². The van der Waals surface area contributed by atoms with Gasteiger partial charge in [0, 0.05) is 39.1 Å². The van der Waals surface area contributed by atoms with E-state index in [-0.39, 0.29) is 18.4 Å². The Morgan fingerprint density at radius 1 is 1.37 bits per heavy atom. The molecule has 0 bridgehead atoms. The number of fused-ring (bicyclic) bond motifs is 1. The van der Waals surface area contributed by atoms with Crippen molar-refractivity contribution in [1.29, 1.82) is 0 Å². The van der Waals surface area contributed by atoms with Gasteiger partial charge in [0.1, 0.15) is 11.3 Å². The van der Waals surface area contributed by atoms with Crippen molar-refractivity contribution < 1.29 is 14.7 Å². The number of hydrogen-bond donors (Lipinski definition) is 1. The van der Waals surface area contributed by atoms with E-state index in [1.54, 1.807) is 45.8 Å². The third kappa shape index (κ3) is 4.25. The van der Waals surface area contributed by atoms with E-state index >= 15 is 0 Å². The molecular formula is C19H25ClN4O3. The largest absolute Gasteiger partial charge is 0.392 e. The number of aliphatic hydroxyl groups excluding tert-OH is 1. The number of imidazole rings is 1. The second-order valence-corrected chi connectivity index (χ2v) is 8.00. The van der Waals surface area contributed by atoms with Crippen molar-refractivity contribution in [3.05, 3.63) is 35.2 Å². The number of piperidine rings is 1. The highest BCUT2D eigenvalue weighted by Crippen LogP contribution is 2.22. The molecule has 1 aliphatic rings. The van der Waals surface area contributed by atoms with Crippen molar-refractivity contribution in [2.24, 2.45) is 11.8 Å². The van der Waals surface area contributed by atoms with Crippen LogP contribution in [0, 0.1) is 11.8 Å². The van der Waals surface area contributed by atoms with Gasteiger partial charge in [0.05, 0.1) is 17.0 Å². The zero-order chi connectivity index (χ0) is 19.7. The highest BCUT2D eigenvalue weighted by molar-refractivity contribution is 6.30. The van der Waals surface area contributed by atoms with Crippen molar-refractivity contribution in [1.82, 2.24) is 19.2 Å². The molecule has 0 unspecified atom stereocenters. The number of halogens is 1. The minimum atomic E-state index is -0.740. The average Bonchev–Trinajstić information content (AvgIpc) is 3.03. The molecule has 2 aromatic heterocycles. The van der Waals surface area contributed by atoms with Gasteiger partial charge < -0.3 is 19.3 Å². The molecule has 1 N–H and O–H groups in total. The molecule has 3 heterocycles. The highest BCUT2D eigenvalue weighted by atomic mass is 35.5. The molecule has 27 heavy (non-hydrogen) atoms. The van der Waals surface area contributed by atoms with Crippen molar-refractivity contribution in [2.75, 3.05) is 26.7 Å². The molecule has 0 radical (unpaired) electrons. The summed E-state index contributed by atoms with van der Waals surface area (Å²) in [6.45, 7) is 5.27. The number of nitrogens with zero attached hydrogens (tertiary/aromatic N) is 4. The Morgan fingerprint density at radius 3 is 2.81 bits per heavy atom. The number of aliphatic hydroxyl groups is 1. The Hall–Kier alpha value is -2.12. The molecule has 146 valence electrons. The normalized spacial score (nSPS) is 20.3. The van der Waals surface area contributed by atoms with Gasteiger partial charge in [-0.1, -0.05) is 25.4 Å². The number of carbonyl (C=O) groups is 2. The lowest BCUT2D eigenvalue weighted by molar-refractivity contribution is -0.140. The molecule has 0 aromatic carbocycles. The standard InChI is InChI=1S/C19H25ClN4O3/c1-12(2)8-22(3)18(26)14-10-23(7-6-16(14)25)19(27)15-11-24-9-13(20)4-5-17(24)21-15/h4-5,9,11-12,14,16,25H,6-8,10H2,1-3H3/t14-,16+/m0/s1. The van der Waals surface area contributed by atoms with Crippen molar-refractivity contribution in [2.45, 2.75) is 26.4 Å². The molecule has 2 amide bonds. The van der Waals surface area contributed by atoms with E-state index in [1.807, 2.05) is 13.8 Å². The minimum absolute atomic E-state index is 0.129. The van der Waals surface area contributed by atoms with Crippen LogP contribution in [0.4, 0.5) is 0 Å². The van der Waals surface area contributed by atoms with E-state index in [0.29, 0.717) is 41.8 Å². The number of likely N-dealkylation sites (tertiary alicyclic amines) is 1. The van der Waals surface area contributed by atoms with Gasteiger partial charge in [-0.2, -0.15) is 0 Å². The van der Waals surface area contributed by atoms with Crippen LogP contribution in [-0.4, -0.2) is 68.9 Å². The lowest BCUT2D eigenvalue weighted by atomic mass is 9.93. The number of rotatable bonds is 4. The summed E-state index contributed by atoms with van der Waals surface area (Å²) in [5.41, 5.74) is 0.930. The number of carbonyl (C=O) groups excluding carboxylic acids is 2. The molecule has 0 aliphatic carbocycles. The molecule has 2 atom stereocenters. The monoisotopic (exact) mass is 392 g/mol. The molecule has 2 aromatic rings. The summed E-state index contributed by atoms with van der Waals surface area (Å²) in [6.07, 6.45) is 2.96. The van der Waals surface area contributed by atoms with Gasteiger partial charge in [0.2, 0.25) is 5.91 Å². The Labute approximate surface area is 163 Å². The predicted molar refractivity (Wildman–Crippen MR) is 103 cm³/mol. The van der Waals surface area contributed by atoms with Gasteiger partial charge in [-0.05, 0) is 24.5 Å². The number of pyridine rings is 1. The fourth-order valence-electron chi connectivity index (χ4n) is 3.52. The smallest absolute Gasteiger partial charge is 0.274 e. The van der Waals surface area contributed by atoms with Crippen LogP contribution in [0.2, 0.25) is 5.02 Å². The fraction of sp³-hybridized carbons (Fsp3) is 0.526. The van der Waals surface area contributed by atoms with E-state index in [1.165, 1.54) is 0 Å². The minimum Gasteiger partial charge on any atom is -0.392 e. The van der Waals surface area contributed by atoms with Gasteiger partial charge in [-0.15, -0.1) is 0 Å². The van der Waals surface area contributed by atoms with Gasteiger partial charge in [-0.25, -0.2) is 4.98 Å². The lowest BCUT2D eigenvalue weighted by Gasteiger charge is -2.37. The Kier molecular flexibility index (Phi) is 5.72. The van der Waals surface area contributed by atoms with E-state index in [9.17, 15) is 14.7 Å². The highest BCUT2D eigenvalue weighted by Gasteiger charge is 2.37. The molecule has 7 nitrogen and oxygen atoms in total.